The highest BCUT2D eigenvalue weighted by Gasteiger charge is 2.11. The average Bonchev–Trinajstić information content (AvgIpc) is 2.55. The molecule has 2 rings (SSSR count). The molecule has 4 heteroatoms. The van der Waals surface area contributed by atoms with Gasteiger partial charge in [0.25, 0.3) is 0 Å². The number of aromatic nitrogens is 2. The van der Waals surface area contributed by atoms with E-state index in [0.29, 0.717) is 0 Å². The van der Waals surface area contributed by atoms with Crippen molar-refractivity contribution in [3.05, 3.63) is 29.0 Å². The Bertz CT molecular complexity index is 552. The van der Waals surface area contributed by atoms with Gasteiger partial charge in [0.1, 0.15) is 5.82 Å². The summed E-state index contributed by atoms with van der Waals surface area (Å²) >= 11 is 6.01. The molecule has 2 aromatic rings. The molecule has 1 aromatic carbocycles. The van der Waals surface area contributed by atoms with Gasteiger partial charge in [-0.25, -0.2) is 4.98 Å². The predicted octanol–water partition coefficient (Wildman–Crippen LogP) is 3.16. The highest BCUT2D eigenvalue weighted by molar-refractivity contribution is 6.31. The van der Waals surface area contributed by atoms with Crippen molar-refractivity contribution in [1.82, 2.24) is 14.9 Å². The van der Waals surface area contributed by atoms with E-state index in [1.54, 1.807) is 0 Å². The van der Waals surface area contributed by atoms with Crippen molar-refractivity contribution >= 4 is 22.6 Å². The summed E-state index contributed by atoms with van der Waals surface area (Å²) in [4.78, 5) is 4.64. The summed E-state index contributed by atoms with van der Waals surface area (Å²) in [7, 11) is 2.04. The Morgan fingerprint density at radius 1 is 1.33 bits per heavy atom. The van der Waals surface area contributed by atoms with Crippen molar-refractivity contribution in [3.8, 4) is 0 Å². The number of fused-ring (bicyclic) bond motifs is 1. The molecular formula is C14H20ClN3. The van der Waals surface area contributed by atoms with E-state index in [1.807, 2.05) is 25.2 Å². The van der Waals surface area contributed by atoms with E-state index in [1.165, 1.54) is 0 Å². The fourth-order valence-electron chi connectivity index (χ4n) is 1.99. The highest BCUT2D eigenvalue weighted by Crippen LogP contribution is 2.19. The van der Waals surface area contributed by atoms with Gasteiger partial charge in [-0.15, -0.1) is 0 Å². The van der Waals surface area contributed by atoms with Gasteiger partial charge in [-0.3, -0.25) is 0 Å². The van der Waals surface area contributed by atoms with Crippen molar-refractivity contribution in [2.45, 2.75) is 32.7 Å². The summed E-state index contributed by atoms with van der Waals surface area (Å²) in [5.41, 5.74) is 2.24. The van der Waals surface area contributed by atoms with Crippen LogP contribution in [0.3, 0.4) is 0 Å². The number of hydrogen-bond donors (Lipinski definition) is 1. The summed E-state index contributed by atoms with van der Waals surface area (Å²) in [6.07, 6.45) is 0.917. The van der Waals surface area contributed by atoms with Gasteiger partial charge in [0.15, 0.2) is 0 Å². The molecule has 0 unspecified atom stereocenters. The minimum absolute atomic E-state index is 0.147. The lowest BCUT2D eigenvalue weighted by Crippen LogP contribution is -2.37. The van der Waals surface area contributed by atoms with Gasteiger partial charge >= 0.3 is 0 Å². The molecule has 1 heterocycles. The van der Waals surface area contributed by atoms with Crippen LogP contribution in [-0.2, 0) is 13.5 Å². The van der Waals surface area contributed by atoms with Gasteiger partial charge in [0.05, 0.1) is 11.0 Å². The molecule has 0 bridgehead atoms. The quantitative estimate of drug-likeness (QED) is 0.924. The molecule has 1 aromatic heterocycles. The lowest BCUT2D eigenvalue weighted by Gasteiger charge is -2.20. The number of aryl methyl sites for hydroxylation is 1. The van der Waals surface area contributed by atoms with E-state index in [-0.39, 0.29) is 5.54 Å². The van der Waals surface area contributed by atoms with Gasteiger partial charge in [0.2, 0.25) is 0 Å². The summed E-state index contributed by atoms with van der Waals surface area (Å²) in [5.74, 6) is 1.09. The molecule has 0 radical (unpaired) electrons. The summed E-state index contributed by atoms with van der Waals surface area (Å²) in [5, 5.41) is 4.23. The molecule has 0 aliphatic heterocycles. The van der Waals surface area contributed by atoms with Crippen LogP contribution in [-0.4, -0.2) is 21.6 Å². The van der Waals surface area contributed by atoms with E-state index >= 15 is 0 Å². The lowest BCUT2D eigenvalue weighted by molar-refractivity contribution is 0.426. The second-order valence-corrected chi connectivity index (χ2v) is 6.08. The number of nitrogens with zero attached hydrogens (tertiary/aromatic N) is 2. The molecule has 0 atom stereocenters. The SMILES string of the molecule is Cn1c(CCNC(C)(C)C)nc2ccc(Cl)cc21. The molecule has 98 valence electrons. The van der Waals surface area contributed by atoms with E-state index in [2.05, 4.69) is 35.6 Å². The van der Waals surface area contributed by atoms with Gasteiger partial charge in [-0.2, -0.15) is 0 Å². The van der Waals surface area contributed by atoms with Crippen LogP contribution in [0.4, 0.5) is 0 Å². The number of halogens is 1. The van der Waals surface area contributed by atoms with E-state index < -0.39 is 0 Å². The zero-order chi connectivity index (χ0) is 13.3. The van der Waals surface area contributed by atoms with Crippen LogP contribution in [0, 0.1) is 0 Å². The number of imidazole rings is 1. The Morgan fingerprint density at radius 3 is 2.72 bits per heavy atom. The molecule has 18 heavy (non-hydrogen) atoms. The van der Waals surface area contributed by atoms with Crippen LogP contribution in [0.25, 0.3) is 11.0 Å². The zero-order valence-corrected chi connectivity index (χ0v) is 12.2. The minimum Gasteiger partial charge on any atom is -0.331 e. The van der Waals surface area contributed by atoms with E-state index in [9.17, 15) is 0 Å². The Morgan fingerprint density at radius 2 is 2.06 bits per heavy atom. The molecule has 0 aliphatic rings. The predicted molar refractivity (Wildman–Crippen MR) is 77.2 cm³/mol. The van der Waals surface area contributed by atoms with Crippen LogP contribution in [0.2, 0.25) is 5.02 Å². The van der Waals surface area contributed by atoms with Gasteiger partial charge in [-0.1, -0.05) is 11.6 Å². The molecule has 0 amide bonds. The van der Waals surface area contributed by atoms with Crippen molar-refractivity contribution in [3.63, 3.8) is 0 Å². The first-order valence-electron chi connectivity index (χ1n) is 6.23. The van der Waals surface area contributed by atoms with Crippen molar-refractivity contribution < 1.29 is 0 Å². The summed E-state index contributed by atoms with van der Waals surface area (Å²) in [6.45, 7) is 7.43. The van der Waals surface area contributed by atoms with Crippen molar-refractivity contribution in [2.24, 2.45) is 7.05 Å². The second kappa shape index (κ2) is 4.90. The normalized spacial score (nSPS) is 12.3. The molecule has 3 nitrogen and oxygen atoms in total. The standard InChI is InChI=1S/C14H20ClN3/c1-14(2,3)16-8-7-13-17-11-6-5-10(15)9-12(11)18(13)4/h5-6,9,16H,7-8H2,1-4H3. The lowest BCUT2D eigenvalue weighted by atomic mass is 10.1. The molecule has 0 spiro atoms. The first kappa shape index (κ1) is 13.4. The maximum absolute atomic E-state index is 6.01. The Labute approximate surface area is 113 Å². The van der Waals surface area contributed by atoms with Gasteiger partial charge in [-0.05, 0) is 39.0 Å². The van der Waals surface area contributed by atoms with Crippen LogP contribution in [0.5, 0.6) is 0 Å². The summed E-state index contributed by atoms with van der Waals surface area (Å²) in [6, 6.07) is 5.82. The molecule has 1 N–H and O–H groups in total. The van der Waals surface area contributed by atoms with Gasteiger partial charge in [0, 0.05) is 30.6 Å². The molecule has 0 saturated heterocycles. The monoisotopic (exact) mass is 265 g/mol. The second-order valence-electron chi connectivity index (χ2n) is 5.65. The number of rotatable bonds is 3. The molecular weight excluding hydrogens is 246 g/mol. The number of benzene rings is 1. The third-order valence-corrected chi connectivity index (χ3v) is 3.17. The maximum Gasteiger partial charge on any atom is 0.110 e. The maximum atomic E-state index is 6.01. The van der Waals surface area contributed by atoms with Crippen molar-refractivity contribution in [2.75, 3.05) is 6.54 Å². The molecule has 0 fully saturated rings. The average molecular weight is 266 g/mol. The third-order valence-electron chi connectivity index (χ3n) is 2.94. The van der Waals surface area contributed by atoms with Crippen LogP contribution in [0.1, 0.15) is 26.6 Å². The van der Waals surface area contributed by atoms with Crippen LogP contribution in [0.15, 0.2) is 18.2 Å². The zero-order valence-electron chi connectivity index (χ0n) is 11.4. The first-order chi connectivity index (χ1) is 8.37. The Balaban J connectivity index is 2.17. The van der Waals surface area contributed by atoms with Crippen molar-refractivity contribution in [1.29, 1.82) is 0 Å². The van der Waals surface area contributed by atoms with E-state index in [0.717, 1.165) is 34.8 Å². The van der Waals surface area contributed by atoms with E-state index in [4.69, 9.17) is 11.6 Å². The smallest absolute Gasteiger partial charge is 0.110 e. The molecule has 0 saturated carbocycles. The fourth-order valence-corrected chi connectivity index (χ4v) is 2.15. The largest absolute Gasteiger partial charge is 0.331 e. The fraction of sp³-hybridized carbons (Fsp3) is 0.500. The number of nitrogens with one attached hydrogen (secondary N) is 1. The van der Waals surface area contributed by atoms with Crippen LogP contribution < -0.4 is 5.32 Å². The van der Waals surface area contributed by atoms with Gasteiger partial charge < -0.3 is 9.88 Å². The highest BCUT2D eigenvalue weighted by atomic mass is 35.5. The van der Waals surface area contributed by atoms with Crippen LogP contribution >= 0.6 is 11.6 Å². The number of hydrogen-bond acceptors (Lipinski definition) is 2. The Hall–Kier alpha value is -1.06. The Kier molecular flexibility index (Phi) is 3.64. The first-order valence-corrected chi connectivity index (χ1v) is 6.60. The topological polar surface area (TPSA) is 29.9 Å². The molecule has 0 aliphatic carbocycles. The minimum atomic E-state index is 0.147. The summed E-state index contributed by atoms with van der Waals surface area (Å²) < 4.78 is 2.12. The third kappa shape index (κ3) is 3.03.